The van der Waals surface area contributed by atoms with Crippen LogP contribution in [0.4, 0.5) is 0 Å². The summed E-state index contributed by atoms with van der Waals surface area (Å²) in [6, 6.07) is 0. The van der Waals surface area contributed by atoms with E-state index >= 15 is 0 Å². The molecule has 1 rings (SSSR count). The zero-order valence-electron chi connectivity index (χ0n) is 9.53. The van der Waals surface area contributed by atoms with Crippen molar-refractivity contribution in [3.63, 3.8) is 0 Å². The van der Waals surface area contributed by atoms with E-state index < -0.39 is 31.1 Å². The first-order chi connectivity index (χ1) is 7.67. The van der Waals surface area contributed by atoms with Crippen molar-refractivity contribution in [1.29, 1.82) is 0 Å². The standard InChI is InChI=1S/C9H18O7/c1-12-5(4-10)6-7(11)16-9(14-3)8(13-2)15-6/h5-11H,4H2,1-3H3/t5-,6+,7-,8+,9?/m1/s1. The van der Waals surface area contributed by atoms with Gasteiger partial charge in [-0.3, -0.25) is 0 Å². The van der Waals surface area contributed by atoms with Crippen molar-refractivity contribution >= 4 is 0 Å². The van der Waals surface area contributed by atoms with Crippen LogP contribution in [0, 0.1) is 0 Å². The van der Waals surface area contributed by atoms with E-state index in [1.807, 2.05) is 0 Å². The van der Waals surface area contributed by atoms with Crippen LogP contribution in [-0.4, -0.2) is 69.2 Å². The van der Waals surface area contributed by atoms with Crippen LogP contribution in [-0.2, 0) is 23.7 Å². The maximum atomic E-state index is 9.64. The van der Waals surface area contributed by atoms with Gasteiger partial charge in [0.25, 0.3) is 0 Å². The van der Waals surface area contributed by atoms with E-state index in [9.17, 15) is 5.11 Å². The lowest BCUT2D eigenvalue weighted by atomic mass is 10.2. The highest BCUT2D eigenvalue weighted by molar-refractivity contribution is 4.78. The van der Waals surface area contributed by atoms with Gasteiger partial charge in [0.05, 0.1) is 6.61 Å². The van der Waals surface area contributed by atoms with Crippen LogP contribution in [0.1, 0.15) is 0 Å². The van der Waals surface area contributed by atoms with Crippen LogP contribution in [0.15, 0.2) is 0 Å². The van der Waals surface area contributed by atoms with Crippen LogP contribution in [0.2, 0.25) is 0 Å². The number of ether oxygens (including phenoxy) is 5. The monoisotopic (exact) mass is 238 g/mol. The van der Waals surface area contributed by atoms with Crippen molar-refractivity contribution in [3.05, 3.63) is 0 Å². The lowest BCUT2D eigenvalue weighted by Crippen LogP contribution is -2.56. The molecule has 1 saturated heterocycles. The Kier molecular flexibility index (Phi) is 5.56. The van der Waals surface area contributed by atoms with E-state index in [1.54, 1.807) is 0 Å². The van der Waals surface area contributed by atoms with Gasteiger partial charge in [-0.2, -0.15) is 0 Å². The zero-order valence-corrected chi connectivity index (χ0v) is 9.53. The average Bonchev–Trinajstić information content (AvgIpc) is 2.32. The van der Waals surface area contributed by atoms with Gasteiger partial charge in [0.15, 0.2) is 6.29 Å². The van der Waals surface area contributed by atoms with E-state index in [2.05, 4.69) is 0 Å². The van der Waals surface area contributed by atoms with Gasteiger partial charge in [-0.15, -0.1) is 0 Å². The molecule has 1 fully saturated rings. The van der Waals surface area contributed by atoms with Gasteiger partial charge in [0.1, 0.15) is 12.2 Å². The maximum Gasteiger partial charge on any atom is 0.211 e. The van der Waals surface area contributed by atoms with Crippen LogP contribution in [0.25, 0.3) is 0 Å². The molecule has 0 aromatic rings. The highest BCUT2D eigenvalue weighted by atomic mass is 16.8. The van der Waals surface area contributed by atoms with Crippen molar-refractivity contribution in [2.45, 2.75) is 31.1 Å². The maximum absolute atomic E-state index is 9.64. The highest BCUT2D eigenvalue weighted by Crippen LogP contribution is 2.23. The molecule has 0 aromatic heterocycles. The molecule has 1 aliphatic heterocycles. The zero-order chi connectivity index (χ0) is 12.1. The SMILES string of the molecule is COC1O[C@@H](O)[C@H]([C@@H](CO)OC)O[C@@H]1OC. The minimum Gasteiger partial charge on any atom is -0.394 e. The Morgan fingerprint density at radius 1 is 1.12 bits per heavy atom. The molecule has 0 amide bonds. The van der Waals surface area contributed by atoms with E-state index in [0.717, 1.165) is 0 Å². The first kappa shape index (κ1) is 13.8. The van der Waals surface area contributed by atoms with Crippen LogP contribution in [0.5, 0.6) is 0 Å². The summed E-state index contributed by atoms with van der Waals surface area (Å²) in [4.78, 5) is 0. The minimum absolute atomic E-state index is 0.296. The Hall–Kier alpha value is -0.280. The Bertz CT molecular complexity index is 196. The molecular weight excluding hydrogens is 220 g/mol. The normalized spacial score (nSPS) is 37.3. The first-order valence-corrected chi connectivity index (χ1v) is 4.86. The van der Waals surface area contributed by atoms with Gasteiger partial charge in [-0.25, -0.2) is 0 Å². The molecular formula is C9H18O7. The predicted octanol–water partition coefficient (Wildman–Crippen LogP) is -1.33. The number of rotatable bonds is 5. The van der Waals surface area contributed by atoms with Crippen molar-refractivity contribution in [3.8, 4) is 0 Å². The summed E-state index contributed by atoms with van der Waals surface area (Å²) in [5.41, 5.74) is 0. The van der Waals surface area contributed by atoms with E-state index in [0.29, 0.717) is 0 Å². The lowest BCUT2D eigenvalue weighted by Gasteiger charge is -2.39. The first-order valence-electron chi connectivity index (χ1n) is 4.86. The van der Waals surface area contributed by atoms with E-state index in [1.165, 1.54) is 21.3 Å². The molecule has 16 heavy (non-hydrogen) atoms. The molecule has 0 radical (unpaired) electrons. The number of hydrogen-bond acceptors (Lipinski definition) is 7. The summed E-state index contributed by atoms with van der Waals surface area (Å²) >= 11 is 0. The number of methoxy groups -OCH3 is 3. The molecule has 0 bridgehead atoms. The molecule has 1 unspecified atom stereocenters. The topological polar surface area (TPSA) is 86.6 Å². The van der Waals surface area contributed by atoms with Crippen molar-refractivity contribution in [2.24, 2.45) is 0 Å². The van der Waals surface area contributed by atoms with Gasteiger partial charge in [-0.1, -0.05) is 0 Å². The van der Waals surface area contributed by atoms with Gasteiger partial charge in [0, 0.05) is 21.3 Å². The largest absolute Gasteiger partial charge is 0.394 e. The lowest BCUT2D eigenvalue weighted by molar-refractivity contribution is -0.396. The molecule has 1 heterocycles. The van der Waals surface area contributed by atoms with Crippen LogP contribution in [0.3, 0.4) is 0 Å². The molecule has 0 spiro atoms. The number of aliphatic hydroxyl groups is 2. The third-order valence-electron chi connectivity index (χ3n) is 2.38. The molecule has 7 heteroatoms. The van der Waals surface area contributed by atoms with Gasteiger partial charge in [-0.05, 0) is 0 Å². The third-order valence-corrected chi connectivity index (χ3v) is 2.38. The molecule has 7 nitrogen and oxygen atoms in total. The van der Waals surface area contributed by atoms with Crippen molar-refractivity contribution in [1.82, 2.24) is 0 Å². The van der Waals surface area contributed by atoms with E-state index in [-0.39, 0.29) is 6.61 Å². The highest BCUT2D eigenvalue weighted by Gasteiger charge is 2.42. The molecule has 0 saturated carbocycles. The fourth-order valence-corrected chi connectivity index (χ4v) is 1.48. The summed E-state index contributed by atoms with van der Waals surface area (Å²) in [6.45, 7) is -0.296. The fraction of sp³-hybridized carbons (Fsp3) is 1.00. The summed E-state index contributed by atoms with van der Waals surface area (Å²) < 4.78 is 25.4. The predicted molar refractivity (Wildman–Crippen MR) is 51.4 cm³/mol. The van der Waals surface area contributed by atoms with Crippen LogP contribution < -0.4 is 0 Å². The Balaban J connectivity index is 2.66. The molecule has 5 atom stereocenters. The fourth-order valence-electron chi connectivity index (χ4n) is 1.48. The number of hydrogen-bond donors (Lipinski definition) is 2. The third kappa shape index (κ3) is 2.89. The quantitative estimate of drug-likeness (QED) is 0.613. The van der Waals surface area contributed by atoms with Crippen LogP contribution >= 0.6 is 0 Å². The average molecular weight is 238 g/mol. The molecule has 1 aliphatic rings. The van der Waals surface area contributed by atoms with Gasteiger partial charge >= 0.3 is 0 Å². The molecule has 0 aromatic carbocycles. The summed E-state index contributed by atoms with van der Waals surface area (Å²) in [7, 11) is 4.24. The van der Waals surface area contributed by atoms with Crippen molar-refractivity contribution in [2.75, 3.05) is 27.9 Å². The Morgan fingerprint density at radius 3 is 2.12 bits per heavy atom. The summed E-state index contributed by atoms with van der Waals surface area (Å²) in [6.07, 6.45) is -4.35. The second kappa shape index (κ2) is 6.45. The second-order valence-corrected chi connectivity index (χ2v) is 3.29. The smallest absolute Gasteiger partial charge is 0.211 e. The molecule has 96 valence electrons. The Labute approximate surface area is 93.8 Å². The second-order valence-electron chi connectivity index (χ2n) is 3.29. The summed E-state index contributed by atoms with van der Waals surface area (Å²) in [5.74, 6) is 0. The molecule has 0 aliphatic carbocycles. The minimum atomic E-state index is -1.24. The molecule has 2 N–H and O–H groups in total. The number of aliphatic hydroxyl groups excluding tert-OH is 2. The Morgan fingerprint density at radius 2 is 1.69 bits per heavy atom. The summed E-state index contributed by atoms with van der Waals surface area (Å²) in [5, 5.41) is 18.7. The van der Waals surface area contributed by atoms with Gasteiger partial charge < -0.3 is 33.9 Å². The van der Waals surface area contributed by atoms with Crippen molar-refractivity contribution < 1.29 is 33.9 Å². The van der Waals surface area contributed by atoms with Gasteiger partial charge in [0.2, 0.25) is 12.6 Å². The van der Waals surface area contributed by atoms with E-state index in [4.69, 9.17) is 28.8 Å².